The number of carboxylic acids is 1. The molecule has 0 unspecified atom stereocenters. The molecule has 0 amide bonds. The Hall–Kier alpha value is -3.02. The van der Waals surface area contributed by atoms with Crippen molar-refractivity contribution in [1.29, 1.82) is 0 Å². The molecular formula is C23H21ClN2O3. The minimum Gasteiger partial charge on any atom is -0.478 e. The maximum Gasteiger partial charge on any atom is 0.335 e. The standard InChI is InChI=1S/C23H21ClN2O3/c24-18-5-9-21(10-6-18)29-22-11-7-19(8-12-22)25-20-14-26(15-20)13-16-1-3-17(4-2-16)23(27)28/h1-12,20,25H,13-15H2,(H,27,28). The monoisotopic (exact) mass is 408 g/mol. The third kappa shape index (κ3) is 5.08. The lowest BCUT2D eigenvalue weighted by Crippen LogP contribution is -2.53. The molecule has 0 aromatic heterocycles. The smallest absolute Gasteiger partial charge is 0.335 e. The van der Waals surface area contributed by atoms with Crippen LogP contribution in [0.15, 0.2) is 72.8 Å². The molecule has 1 fully saturated rings. The van der Waals surface area contributed by atoms with Crippen molar-refractivity contribution >= 4 is 23.3 Å². The second kappa shape index (κ2) is 8.55. The fraction of sp³-hybridized carbons (Fsp3) is 0.174. The average Bonchev–Trinajstić information content (AvgIpc) is 2.70. The first-order chi connectivity index (χ1) is 14.0. The Kier molecular flexibility index (Phi) is 5.69. The van der Waals surface area contributed by atoms with Crippen LogP contribution < -0.4 is 10.1 Å². The minimum atomic E-state index is -0.894. The molecule has 0 bridgehead atoms. The third-order valence-electron chi connectivity index (χ3n) is 4.84. The van der Waals surface area contributed by atoms with Crippen LogP contribution in [0.5, 0.6) is 11.5 Å². The van der Waals surface area contributed by atoms with E-state index in [0.717, 1.165) is 42.4 Å². The Morgan fingerprint density at radius 1 is 0.966 bits per heavy atom. The lowest BCUT2D eigenvalue weighted by molar-refractivity contribution is 0.0697. The van der Waals surface area contributed by atoms with Crippen LogP contribution in [0.25, 0.3) is 0 Å². The summed E-state index contributed by atoms with van der Waals surface area (Å²) in [4.78, 5) is 13.2. The first-order valence-electron chi connectivity index (χ1n) is 9.40. The number of benzene rings is 3. The number of ether oxygens (including phenoxy) is 1. The molecule has 4 rings (SSSR count). The molecule has 0 atom stereocenters. The van der Waals surface area contributed by atoms with Gasteiger partial charge in [0.05, 0.1) is 11.6 Å². The zero-order valence-corrected chi connectivity index (χ0v) is 16.5. The molecule has 1 heterocycles. The Morgan fingerprint density at radius 3 is 2.14 bits per heavy atom. The van der Waals surface area contributed by atoms with Gasteiger partial charge in [-0.1, -0.05) is 23.7 Å². The van der Waals surface area contributed by atoms with Gasteiger partial charge in [-0.15, -0.1) is 0 Å². The van der Waals surface area contributed by atoms with E-state index in [1.807, 2.05) is 48.5 Å². The van der Waals surface area contributed by atoms with Gasteiger partial charge in [-0.05, 0) is 66.2 Å². The molecular weight excluding hydrogens is 388 g/mol. The number of hydrogen-bond donors (Lipinski definition) is 2. The van der Waals surface area contributed by atoms with Crippen LogP contribution >= 0.6 is 11.6 Å². The Balaban J connectivity index is 1.23. The lowest BCUT2D eigenvalue weighted by Gasteiger charge is -2.40. The quantitative estimate of drug-likeness (QED) is 0.567. The maximum atomic E-state index is 10.9. The molecule has 0 spiro atoms. The van der Waals surface area contributed by atoms with Gasteiger partial charge in [-0.25, -0.2) is 4.79 Å². The molecule has 1 saturated heterocycles. The van der Waals surface area contributed by atoms with Crippen LogP contribution in [0.4, 0.5) is 5.69 Å². The predicted molar refractivity (Wildman–Crippen MR) is 114 cm³/mol. The van der Waals surface area contributed by atoms with Gasteiger partial charge >= 0.3 is 5.97 Å². The number of rotatable bonds is 7. The fourth-order valence-corrected chi connectivity index (χ4v) is 3.42. The molecule has 1 aliphatic rings. The number of aromatic carboxylic acids is 1. The van der Waals surface area contributed by atoms with Gasteiger partial charge in [-0.3, -0.25) is 4.90 Å². The summed E-state index contributed by atoms with van der Waals surface area (Å²) in [5.74, 6) is 0.633. The summed E-state index contributed by atoms with van der Waals surface area (Å²) in [7, 11) is 0. The molecule has 0 radical (unpaired) electrons. The van der Waals surface area contributed by atoms with Crippen LogP contribution in [-0.2, 0) is 6.54 Å². The van der Waals surface area contributed by atoms with E-state index in [-0.39, 0.29) is 0 Å². The van der Waals surface area contributed by atoms with E-state index in [1.54, 1.807) is 24.3 Å². The number of hydrogen-bond acceptors (Lipinski definition) is 4. The largest absolute Gasteiger partial charge is 0.478 e. The van der Waals surface area contributed by atoms with Crippen molar-refractivity contribution in [2.75, 3.05) is 18.4 Å². The van der Waals surface area contributed by atoms with E-state index in [1.165, 1.54) is 0 Å². The van der Waals surface area contributed by atoms with Crippen LogP contribution in [0.3, 0.4) is 0 Å². The molecule has 2 N–H and O–H groups in total. The number of nitrogens with one attached hydrogen (secondary N) is 1. The van der Waals surface area contributed by atoms with Crippen LogP contribution in [0.1, 0.15) is 15.9 Å². The molecule has 3 aromatic rings. The zero-order chi connectivity index (χ0) is 20.2. The van der Waals surface area contributed by atoms with E-state index in [4.69, 9.17) is 21.4 Å². The van der Waals surface area contributed by atoms with E-state index in [9.17, 15) is 4.79 Å². The summed E-state index contributed by atoms with van der Waals surface area (Å²) in [5.41, 5.74) is 2.50. The van der Waals surface area contributed by atoms with Crippen molar-refractivity contribution in [1.82, 2.24) is 4.90 Å². The topological polar surface area (TPSA) is 61.8 Å². The Labute approximate surface area is 174 Å². The highest BCUT2D eigenvalue weighted by molar-refractivity contribution is 6.30. The van der Waals surface area contributed by atoms with Gasteiger partial charge in [0.15, 0.2) is 0 Å². The van der Waals surface area contributed by atoms with Crippen molar-refractivity contribution in [2.45, 2.75) is 12.6 Å². The summed E-state index contributed by atoms with van der Waals surface area (Å²) in [6.45, 7) is 2.72. The van der Waals surface area contributed by atoms with Crippen molar-refractivity contribution in [3.63, 3.8) is 0 Å². The average molecular weight is 409 g/mol. The minimum absolute atomic E-state index is 0.320. The summed E-state index contributed by atoms with van der Waals surface area (Å²) in [6, 6.07) is 22.7. The van der Waals surface area contributed by atoms with Gasteiger partial charge in [0, 0.05) is 30.3 Å². The number of anilines is 1. The van der Waals surface area contributed by atoms with Crippen LogP contribution in [-0.4, -0.2) is 35.1 Å². The summed E-state index contributed by atoms with van der Waals surface area (Å²) in [6.07, 6.45) is 0. The summed E-state index contributed by atoms with van der Waals surface area (Å²) >= 11 is 5.89. The highest BCUT2D eigenvalue weighted by Gasteiger charge is 2.26. The Morgan fingerprint density at radius 2 is 1.55 bits per heavy atom. The first-order valence-corrected chi connectivity index (χ1v) is 9.77. The van der Waals surface area contributed by atoms with Gasteiger partial charge in [-0.2, -0.15) is 0 Å². The molecule has 3 aromatic carbocycles. The molecule has 5 nitrogen and oxygen atoms in total. The first kappa shape index (κ1) is 19.3. The van der Waals surface area contributed by atoms with Crippen molar-refractivity contribution in [2.24, 2.45) is 0 Å². The van der Waals surface area contributed by atoms with E-state index in [2.05, 4.69) is 10.2 Å². The second-order valence-electron chi connectivity index (χ2n) is 7.12. The summed E-state index contributed by atoms with van der Waals surface area (Å²) < 4.78 is 5.81. The maximum absolute atomic E-state index is 10.9. The third-order valence-corrected chi connectivity index (χ3v) is 5.09. The molecule has 0 aliphatic carbocycles. The Bertz CT molecular complexity index is 967. The lowest BCUT2D eigenvalue weighted by atomic mass is 10.1. The zero-order valence-electron chi connectivity index (χ0n) is 15.7. The molecule has 1 aliphatic heterocycles. The van der Waals surface area contributed by atoms with Crippen molar-refractivity contribution < 1.29 is 14.6 Å². The van der Waals surface area contributed by atoms with E-state index < -0.39 is 5.97 Å². The highest BCUT2D eigenvalue weighted by atomic mass is 35.5. The van der Waals surface area contributed by atoms with Gasteiger partial charge in [0.25, 0.3) is 0 Å². The number of carboxylic acid groups (broad SMARTS) is 1. The van der Waals surface area contributed by atoms with Crippen molar-refractivity contribution in [3.8, 4) is 11.5 Å². The van der Waals surface area contributed by atoms with E-state index in [0.29, 0.717) is 16.6 Å². The SMILES string of the molecule is O=C(O)c1ccc(CN2CC(Nc3ccc(Oc4ccc(Cl)cc4)cc3)C2)cc1. The molecule has 0 saturated carbocycles. The van der Waals surface area contributed by atoms with Gasteiger partial charge in [0.2, 0.25) is 0 Å². The highest BCUT2D eigenvalue weighted by Crippen LogP contribution is 2.25. The number of halogens is 1. The molecule has 29 heavy (non-hydrogen) atoms. The second-order valence-corrected chi connectivity index (χ2v) is 7.55. The number of nitrogens with zero attached hydrogens (tertiary/aromatic N) is 1. The molecule has 148 valence electrons. The fourth-order valence-electron chi connectivity index (χ4n) is 3.29. The van der Waals surface area contributed by atoms with Gasteiger partial charge < -0.3 is 15.2 Å². The predicted octanol–water partition coefficient (Wildman–Crippen LogP) is 5.13. The van der Waals surface area contributed by atoms with Crippen molar-refractivity contribution in [3.05, 3.63) is 88.9 Å². The number of carbonyl (C=O) groups is 1. The van der Waals surface area contributed by atoms with E-state index >= 15 is 0 Å². The number of likely N-dealkylation sites (tertiary alicyclic amines) is 1. The summed E-state index contributed by atoms with van der Waals surface area (Å²) in [5, 5.41) is 13.2. The normalized spacial score (nSPS) is 14.2. The van der Waals surface area contributed by atoms with Gasteiger partial charge in [0.1, 0.15) is 11.5 Å². The molecule has 6 heteroatoms. The van der Waals surface area contributed by atoms with Crippen LogP contribution in [0, 0.1) is 0 Å². The van der Waals surface area contributed by atoms with Crippen LogP contribution in [0.2, 0.25) is 5.02 Å².